The van der Waals surface area contributed by atoms with Crippen LogP contribution < -0.4 is 0 Å². The molecule has 20 heavy (non-hydrogen) atoms. The van der Waals surface area contributed by atoms with Crippen LogP contribution in [0.3, 0.4) is 0 Å². The zero-order chi connectivity index (χ0) is 15.1. The maximum absolute atomic E-state index is 8.36. The van der Waals surface area contributed by atoms with E-state index in [0.29, 0.717) is 15.1 Å². The lowest BCUT2D eigenvalue weighted by Gasteiger charge is -2.03. The summed E-state index contributed by atoms with van der Waals surface area (Å²) in [7, 11) is 0. The molecule has 0 saturated heterocycles. The maximum atomic E-state index is 8.36. The lowest BCUT2D eigenvalue weighted by molar-refractivity contribution is -0.742. The first-order valence-electron chi connectivity index (χ1n) is 5.03. The van der Waals surface area contributed by atoms with Crippen LogP contribution in [0.2, 0.25) is 10.0 Å². The average Bonchev–Trinajstić information content (AvgIpc) is 2.80. The number of hydrogen-bond acceptors (Lipinski definition) is 3. The zero-order valence-corrected chi connectivity index (χ0v) is 12.0. The van der Waals surface area contributed by atoms with E-state index in [1.807, 2.05) is 0 Å². The number of nitrogens with zero attached hydrogens (tertiary/aromatic N) is 3. The highest BCUT2D eigenvalue weighted by atomic mass is 35.5. The van der Waals surface area contributed by atoms with E-state index in [2.05, 4.69) is 4.98 Å². The second-order valence-electron chi connectivity index (χ2n) is 3.35. The molecule has 2 aromatic rings. The number of halogens is 3. The van der Waals surface area contributed by atoms with E-state index >= 15 is 0 Å². The SMILES string of the molecule is Cl/C(=C/n1ccnc1)c1ccc(Cl)cc1Cl.O=[N+]([O-])O. The lowest BCUT2D eigenvalue weighted by Crippen LogP contribution is -1.84. The third kappa shape index (κ3) is 5.48. The Labute approximate surface area is 128 Å². The molecule has 0 saturated carbocycles. The Morgan fingerprint density at radius 2 is 2.10 bits per heavy atom. The summed E-state index contributed by atoms with van der Waals surface area (Å²) in [6, 6.07) is 5.18. The Hall–Kier alpha value is -1.76. The minimum atomic E-state index is -1.50. The van der Waals surface area contributed by atoms with Crippen molar-refractivity contribution in [2.45, 2.75) is 0 Å². The molecule has 0 spiro atoms. The number of hydrogen-bond donors (Lipinski definition) is 1. The van der Waals surface area contributed by atoms with Crippen LogP contribution in [0.5, 0.6) is 0 Å². The Balaban J connectivity index is 0.000000444. The summed E-state index contributed by atoms with van der Waals surface area (Å²) in [4.78, 5) is 12.3. The molecule has 1 heterocycles. The molecule has 6 nitrogen and oxygen atoms in total. The molecule has 9 heteroatoms. The fraction of sp³-hybridized carbons (Fsp3) is 0. The molecule has 0 aliphatic heterocycles. The van der Waals surface area contributed by atoms with Crippen molar-refractivity contribution in [2.75, 3.05) is 0 Å². The fourth-order valence-electron chi connectivity index (χ4n) is 1.23. The number of imidazole rings is 1. The van der Waals surface area contributed by atoms with Gasteiger partial charge in [-0.25, -0.2) is 4.98 Å². The molecule has 0 radical (unpaired) electrons. The van der Waals surface area contributed by atoms with Gasteiger partial charge in [0.25, 0.3) is 5.09 Å². The summed E-state index contributed by atoms with van der Waals surface area (Å²) in [6.45, 7) is 0. The van der Waals surface area contributed by atoms with Gasteiger partial charge in [-0.1, -0.05) is 40.9 Å². The maximum Gasteiger partial charge on any atom is 0.291 e. The third-order valence-corrected chi connectivity index (χ3v) is 2.82. The largest absolute Gasteiger partial charge is 0.328 e. The molecule has 0 unspecified atom stereocenters. The van der Waals surface area contributed by atoms with Crippen LogP contribution in [0, 0.1) is 10.1 Å². The standard InChI is InChI=1S/C11H7Cl3N2.HNO3/c12-8-1-2-9(10(13)5-8)11(14)6-16-4-3-15-7-16;2-1(3)4/h1-7H;(H,2,3,4)/b11-6+;. The predicted octanol–water partition coefficient (Wildman–Crippen LogP) is 4.04. The quantitative estimate of drug-likeness (QED) is 0.663. The Bertz CT molecular complexity index is 611. The normalized spacial score (nSPS) is 10.7. The molecule has 0 atom stereocenters. The van der Waals surface area contributed by atoms with E-state index in [0.717, 1.165) is 5.56 Å². The lowest BCUT2D eigenvalue weighted by atomic mass is 10.2. The molecule has 0 amide bonds. The van der Waals surface area contributed by atoms with Gasteiger partial charge in [-0.05, 0) is 12.1 Å². The van der Waals surface area contributed by atoms with Crippen molar-refractivity contribution in [3.05, 3.63) is 62.6 Å². The summed E-state index contributed by atoms with van der Waals surface area (Å²) in [5.41, 5.74) is 0.737. The monoisotopic (exact) mass is 335 g/mol. The Morgan fingerprint density at radius 1 is 1.45 bits per heavy atom. The molecule has 1 aromatic carbocycles. The first kappa shape index (κ1) is 16.3. The summed E-state index contributed by atoms with van der Waals surface area (Å²) >= 11 is 18.0. The molecule has 1 aromatic heterocycles. The first-order valence-corrected chi connectivity index (χ1v) is 6.17. The average molecular weight is 337 g/mol. The van der Waals surface area contributed by atoms with E-state index < -0.39 is 5.09 Å². The van der Waals surface area contributed by atoms with Crippen molar-refractivity contribution in [1.29, 1.82) is 0 Å². The highest BCUT2D eigenvalue weighted by molar-refractivity contribution is 6.52. The van der Waals surface area contributed by atoms with Gasteiger partial charge in [0, 0.05) is 29.2 Å². The van der Waals surface area contributed by atoms with Crippen LogP contribution in [0.25, 0.3) is 11.2 Å². The number of rotatable bonds is 2. The van der Waals surface area contributed by atoms with Gasteiger partial charge in [0.2, 0.25) is 0 Å². The Kier molecular flexibility index (Phi) is 6.30. The topological polar surface area (TPSA) is 81.2 Å². The van der Waals surface area contributed by atoms with Crippen molar-refractivity contribution in [3.63, 3.8) is 0 Å². The second kappa shape index (κ2) is 7.74. The van der Waals surface area contributed by atoms with E-state index in [9.17, 15) is 0 Å². The predicted molar refractivity (Wildman–Crippen MR) is 77.5 cm³/mol. The van der Waals surface area contributed by atoms with E-state index in [1.165, 1.54) is 0 Å². The molecular formula is C11H8Cl3N3O3. The summed E-state index contributed by atoms with van der Waals surface area (Å²) in [5.74, 6) is 0. The summed E-state index contributed by atoms with van der Waals surface area (Å²) < 4.78 is 1.74. The van der Waals surface area contributed by atoms with Gasteiger partial charge in [-0.2, -0.15) is 0 Å². The van der Waals surface area contributed by atoms with E-state index in [-0.39, 0.29) is 0 Å². The molecule has 0 aliphatic rings. The first-order chi connectivity index (χ1) is 9.40. The minimum absolute atomic E-state index is 0.522. The number of aromatic nitrogens is 2. The number of benzene rings is 1. The third-order valence-electron chi connectivity index (χ3n) is 1.98. The summed E-state index contributed by atoms with van der Waals surface area (Å²) in [6.07, 6.45) is 6.83. The van der Waals surface area contributed by atoms with Gasteiger partial charge in [0.15, 0.2) is 0 Å². The van der Waals surface area contributed by atoms with Gasteiger partial charge in [-0.3, -0.25) is 0 Å². The molecule has 2 rings (SSSR count). The molecule has 1 N–H and O–H groups in total. The van der Waals surface area contributed by atoms with Gasteiger partial charge in [0.05, 0.1) is 16.4 Å². The molecule has 0 bridgehead atoms. The van der Waals surface area contributed by atoms with Crippen molar-refractivity contribution in [3.8, 4) is 0 Å². The molecule has 0 aliphatic carbocycles. The second-order valence-corrected chi connectivity index (χ2v) is 4.60. The van der Waals surface area contributed by atoms with Gasteiger partial charge >= 0.3 is 0 Å². The molecular weight excluding hydrogens is 328 g/mol. The highest BCUT2D eigenvalue weighted by Crippen LogP contribution is 2.29. The van der Waals surface area contributed by atoms with E-state index in [4.69, 9.17) is 50.1 Å². The van der Waals surface area contributed by atoms with Gasteiger partial charge in [0.1, 0.15) is 0 Å². The van der Waals surface area contributed by atoms with Crippen LogP contribution in [0.15, 0.2) is 36.9 Å². The molecule has 106 valence electrons. The smallest absolute Gasteiger partial charge is 0.291 e. The van der Waals surface area contributed by atoms with Crippen LogP contribution in [0.1, 0.15) is 5.56 Å². The van der Waals surface area contributed by atoms with Gasteiger partial charge in [-0.15, -0.1) is 10.1 Å². The summed E-state index contributed by atoms with van der Waals surface area (Å²) in [5, 5.41) is 15.3. The van der Waals surface area contributed by atoms with Gasteiger partial charge < -0.3 is 9.77 Å². The van der Waals surface area contributed by atoms with Crippen molar-refractivity contribution < 1.29 is 10.3 Å². The fourth-order valence-corrected chi connectivity index (χ4v) is 2.07. The van der Waals surface area contributed by atoms with Crippen LogP contribution in [-0.4, -0.2) is 19.8 Å². The Morgan fingerprint density at radius 3 is 2.60 bits per heavy atom. The van der Waals surface area contributed by atoms with Crippen molar-refractivity contribution >= 4 is 46.0 Å². The molecule has 0 fully saturated rings. The van der Waals surface area contributed by atoms with Crippen LogP contribution >= 0.6 is 34.8 Å². The van der Waals surface area contributed by atoms with Crippen molar-refractivity contribution in [1.82, 2.24) is 9.55 Å². The van der Waals surface area contributed by atoms with E-state index in [1.54, 1.807) is 47.7 Å². The minimum Gasteiger partial charge on any atom is -0.328 e. The van der Waals surface area contributed by atoms with Crippen LogP contribution in [-0.2, 0) is 0 Å². The zero-order valence-electron chi connectivity index (χ0n) is 9.78. The van der Waals surface area contributed by atoms with Crippen LogP contribution in [0.4, 0.5) is 0 Å². The van der Waals surface area contributed by atoms with Crippen molar-refractivity contribution in [2.24, 2.45) is 0 Å². The highest BCUT2D eigenvalue weighted by Gasteiger charge is 2.04.